The summed E-state index contributed by atoms with van der Waals surface area (Å²) in [5.41, 5.74) is 1.35. The summed E-state index contributed by atoms with van der Waals surface area (Å²) in [6.45, 7) is 4.31. The lowest BCUT2D eigenvalue weighted by atomic mass is 10.1. The van der Waals surface area contributed by atoms with Crippen LogP contribution < -0.4 is 10.1 Å². The maximum atomic E-state index is 13.4. The normalized spacial score (nSPS) is 12.7. The van der Waals surface area contributed by atoms with Crippen molar-refractivity contribution in [3.63, 3.8) is 0 Å². The second-order valence-electron chi connectivity index (χ2n) is 7.06. The summed E-state index contributed by atoms with van der Waals surface area (Å²) >= 11 is 0. The smallest absolute Gasteiger partial charge is 0.417 e. The Balaban J connectivity index is 2.07. The molecule has 0 fully saturated rings. The van der Waals surface area contributed by atoms with Gasteiger partial charge >= 0.3 is 6.18 Å². The molecule has 1 atom stereocenters. The number of hydrogen-bond acceptors (Lipinski definition) is 3. The van der Waals surface area contributed by atoms with E-state index in [1.807, 2.05) is 38.1 Å². The van der Waals surface area contributed by atoms with Crippen molar-refractivity contribution in [2.24, 2.45) is 4.99 Å². The topological polar surface area (TPSA) is 50.7 Å². The Morgan fingerprint density at radius 1 is 1.23 bits per heavy atom. The van der Waals surface area contributed by atoms with Crippen LogP contribution in [0.25, 0.3) is 0 Å². The third-order valence-electron chi connectivity index (χ3n) is 4.52. The lowest BCUT2D eigenvalue weighted by Crippen LogP contribution is -2.39. The second-order valence-corrected chi connectivity index (χ2v) is 7.06. The fourth-order valence-corrected chi connectivity index (χ4v) is 3.09. The molecule has 2 aromatic carbocycles. The summed E-state index contributed by atoms with van der Waals surface area (Å²) in [4.78, 5) is 16.2. The van der Waals surface area contributed by atoms with Crippen molar-refractivity contribution < 1.29 is 22.7 Å². The van der Waals surface area contributed by atoms with Gasteiger partial charge in [0.25, 0.3) is 5.91 Å². The van der Waals surface area contributed by atoms with Gasteiger partial charge < -0.3 is 10.1 Å². The van der Waals surface area contributed by atoms with Crippen molar-refractivity contribution >= 4 is 12.1 Å². The fraction of sp³-hybridized carbons (Fsp3) is 0.391. The molecule has 0 saturated heterocycles. The Hall–Kier alpha value is -2.83. The third kappa shape index (κ3) is 6.90. The fourth-order valence-electron chi connectivity index (χ4n) is 3.09. The average molecular weight is 420 g/mol. The number of aliphatic imine (C=N–C) groups is 1. The van der Waals surface area contributed by atoms with Crippen LogP contribution in [-0.2, 0) is 17.4 Å². The number of halogens is 3. The summed E-state index contributed by atoms with van der Waals surface area (Å²) in [6, 6.07) is 11.6. The average Bonchev–Trinajstić information content (AvgIpc) is 2.68. The van der Waals surface area contributed by atoms with Gasteiger partial charge in [0.2, 0.25) is 0 Å². The minimum Gasteiger partial charge on any atom is -0.481 e. The van der Waals surface area contributed by atoms with Crippen molar-refractivity contribution in [2.45, 2.75) is 45.4 Å². The van der Waals surface area contributed by atoms with E-state index in [1.165, 1.54) is 19.2 Å². The van der Waals surface area contributed by atoms with E-state index in [0.717, 1.165) is 23.4 Å². The van der Waals surface area contributed by atoms with Crippen molar-refractivity contribution in [2.75, 3.05) is 13.6 Å². The standard InChI is InChI=1S/C23H27F3N2O2/c1-4-6-21(22(29)28-12-11-17-8-5-7-16(2)13-17)30-19-10-9-18(15-27-3)20(14-19)23(24,25)26/h5,7-10,13-15,21H,4,6,11-12H2,1-3H3,(H,28,29). The summed E-state index contributed by atoms with van der Waals surface area (Å²) in [6.07, 6.45) is -2.55. The summed E-state index contributed by atoms with van der Waals surface area (Å²) in [7, 11) is 1.41. The zero-order valence-electron chi connectivity index (χ0n) is 17.4. The molecule has 2 rings (SSSR count). The van der Waals surface area contributed by atoms with Gasteiger partial charge in [-0.3, -0.25) is 9.79 Å². The van der Waals surface area contributed by atoms with Crippen LogP contribution in [0.3, 0.4) is 0 Å². The highest BCUT2D eigenvalue weighted by molar-refractivity contribution is 5.83. The van der Waals surface area contributed by atoms with Gasteiger partial charge in [0.1, 0.15) is 5.75 Å². The Labute approximate surface area is 175 Å². The molecule has 162 valence electrons. The van der Waals surface area contributed by atoms with Crippen LogP contribution in [0.5, 0.6) is 5.75 Å². The van der Waals surface area contributed by atoms with E-state index >= 15 is 0 Å². The first-order valence-electron chi connectivity index (χ1n) is 9.88. The molecule has 0 bridgehead atoms. The van der Waals surface area contributed by atoms with Crippen LogP contribution in [0.15, 0.2) is 47.5 Å². The summed E-state index contributed by atoms with van der Waals surface area (Å²) < 4.78 is 45.7. The van der Waals surface area contributed by atoms with Crippen LogP contribution in [-0.4, -0.2) is 31.8 Å². The van der Waals surface area contributed by atoms with Crippen LogP contribution in [0, 0.1) is 6.92 Å². The molecule has 1 N–H and O–H groups in total. The van der Waals surface area contributed by atoms with Crippen LogP contribution in [0.4, 0.5) is 13.2 Å². The Kier molecular flexibility index (Phi) is 8.45. The highest BCUT2D eigenvalue weighted by atomic mass is 19.4. The Bertz CT molecular complexity index is 879. The van der Waals surface area contributed by atoms with Gasteiger partial charge in [-0.2, -0.15) is 13.2 Å². The number of carbonyl (C=O) groups excluding carboxylic acids is 1. The lowest BCUT2D eigenvalue weighted by molar-refractivity contribution is -0.137. The number of alkyl halides is 3. The number of carbonyl (C=O) groups is 1. The molecule has 0 radical (unpaired) electrons. The number of nitrogens with one attached hydrogen (secondary N) is 1. The van der Waals surface area contributed by atoms with Crippen molar-refractivity contribution in [3.05, 3.63) is 64.7 Å². The monoisotopic (exact) mass is 420 g/mol. The lowest BCUT2D eigenvalue weighted by Gasteiger charge is -2.20. The molecule has 0 aliphatic heterocycles. The molecule has 1 unspecified atom stereocenters. The molecule has 2 aromatic rings. The molecule has 0 aliphatic carbocycles. The highest BCUT2D eigenvalue weighted by Crippen LogP contribution is 2.34. The van der Waals surface area contributed by atoms with Crippen molar-refractivity contribution in [1.29, 1.82) is 0 Å². The summed E-state index contributed by atoms with van der Waals surface area (Å²) in [5.74, 6) is -0.333. The maximum Gasteiger partial charge on any atom is 0.417 e. The SMILES string of the molecule is CCCC(Oc1ccc(C=NC)c(C(F)(F)F)c1)C(=O)NCCc1cccc(C)c1. The summed E-state index contributed by atoms with van der Waals surface area (Å²) in [5, 5.41) is 2.82. The second kappa shape index (κ2) is 10.8. The van der Waals surface area contributed by atoms with E-state index in [9.17, 15) is 18.0 Å². The number of nitrogens with zero attached hydrogens (tertiary/aromatic N) is 1. The van der Waals surface area contributed by atoms with Gasteiger partial charge in [-0.15, -0.1) is 0 Å². The van der Waals surface area contributed by atoms with Gasteiger partial charge in [0.05, 0.1) is 5.56 Å². The van der Waals surface area contributed by atoms with Crippen molar-refractivity contribution in [3.8, 4) is 5.75 Å². The Morgan fingerprint density at radius 2 is 2.00 bits per heavy atom. The van der Waals surface area contributed by atoms with Crippen LogP contribution in [0.1, 0.15) is 42.0 Å². The molecule has 0 heterocycles. The largest absolute Gasteiger partial charge is 0.481 e. The van der Waals surface area contributed by atoms with Crippen LogP contribution in [0.2, 0.25) is 0 Å². The molecule has 0 aliphatic rings. The first-order chi connectivity index (χ1) is 14.2. The number of hydrogen-bond donors (Lipinski definition) is 1. The minimum atomic E-state index is -4.55. The first-order valence-corrected chi connectivity index (χ1v) is 9.88. The molecule has 7 heteroatoms. The quantitative estimate of drug-likeness (QED) is 0.583. The first kappa shape index (κ1) is 23.4. The molecule has 4 nitrogen and oxygen atoms in total. The van der Waals surface area contributed by atoms with E-state index in [1.54, 1.807) is 0 Å². The maximum absolute atomic E-state index is 13.4. The van der Waals surface area contributed by atoms with Crippen LogP contribution >= 0.6 is 0 Å². The molecular formula is C23H27F3N2O2. The van der Waals surface area contributed by atoms with E-state index in [0.29, 0.717) is 25.8 Å². The molecule has 1 amide bonds. The van der Waals surface area contributed by atoms with Gasteiger partial charge in [0, 0.05) is 25.4 Å². The zero-order valence-corrected chi connectivity index (χ0v) is 17.4. The molecule has 30 heavy (non-hydrogen) atoms. The molecule has 0 saturated carbocycles. The van der Waals surface area contributed by atoms with Gasteiger partial charge in [-0.25, -0.2) is 0 Å². The number of aryl methyl sites for hydroxylation is 1. The van der Waals surface area contributed by atoms with E-state index in [2.05, 4.69) is 10.3 Å². The van der Waals surface area contributed by atoms with E-state index < -0.39 is 17.8 Å². The number of ether oxygens (including phenoxy) is 1. The predicted molar refractivity (Wildman–Crippen MR) is 112 cm³/mol. The van der Waals surface area contributed by atoms with Crippen molar-refractivity contribution in [1.82, 2.24) is 5.32 Å². The number of benzene rings is 2. The Morgan fingerprint density at radius 3 is 2.63 bits per heavy atom. The predicted octanol–water partition coefficient (Wildman–Crippen LogP) is 4.97. The molecule has 0 aromatic heterocycles. The van der Waals surface area contributed by atoms with E-state index in [-0.39, 0.29) is 17.2 Å². The van der Waals surface area contributed by atoms with Gasteiger partial charge in [0.15, 0.2) is 6.10 Å². The van der Waals surface area contributed by atoms with E-state index in [4.69, 9.17) is 4.74 Å². The number of amides is 1. The molecular weight excluding hydrogens is 393 g/mol. The molecule has 0 spiro atoms. The number of rotatable bonds is 9. The minimum absolute atomic E-state index is 0.00265. The third-order valence-corrected chi connectivity index (χ3v) is 4.52. The zero-order chi connectivity index (χ0) is 22.1. The highest BCUT2D eigenvalue weighted by Gasteiger charge is 2.34. The van der Waals surface area contributed by atoms with Gasteiger partial charge in [-0.1, -0.05) is 43.2 Å². The van der Waals surface area contributed by atoms with Gasteiger partial charge in [-0.05, 0) is 43.5 Å².